The summed E-state index contributed by atoms with van der Waals surface area (Å²) in [6.45, 7) is 11.0. The average Bonchev–Trinajstić information content (AvgIpc) is 3.74. The highest BCUT2D eigenvalue weighted by atomic mass is 16.5. The van der Waals surface area contributed by atoms with Crippen LogP contribution in [0.1, 0.15) is 83.4 Å². The van der Waals surface area contributed by atoms with Gasteiger partial charge in [-0.2, -0.15) is 0 Å². The minimum atomic E-state index is -2.97. The lowest BCUT2D eigenvalue weighted by Crippen LogP contribution is -2.11. The molecule has 2 aromatic heterocycles. The zero-order chi connectivity index (χ0) is 53.5. The van der Waals surface area contributed by atoms with Gasteiger partial charge in [0.25, 0.3) is 0 Å². The smallest absolute Gasteiger partial charge is 0.149 e. The number of aromatic nitrogens is 3. The van der Waals surface area contributed by atoms with Crippen molar-refractivity contribution < 1.29 is 19.8 Å². The number of hydrogen-bond donors (Lipinski definition) is 0. The van der Waals surface area contributed by atoms with Gasteiger partial charge in [-0.3, -0.25) is 9.55 Å². The summed E-state index contributed by atoms with van der Waals surface area (Å²) in [6.07, 6.45) is -0.567. The number of imidazole rings is 1. The fourth-order valence-corrected chi connectivity index (χ4v) is 8.41. The Hall–Kier alpha value is -7.04. The molecule has 4 heteroatoms. The molecule has 0 N–H and O–H groups in total. The van der Waals surface area contributed by atoms with Gasteiger partial charge >= 0.3 is 0 Å². The molecule has 0 aliphatic carbocycles. The monoisotopic (exact) mass is 833 g/mol. The van der Waals surface area contributed by atoms with Gasteiger partial charge in [0.1, 0.15) is 11.6 Å². The standard InChI is InChI=1S/C59H55N3O/c1-37(2)49-35-51(43-19-14-11-15-20-43)55(36-50(49)42-17-12-10-13-18-42)62-54-22-16-21-48(56(54)61-58(62)52-30-39(4)29-40(5)57(52)63-9)45-31-46(33-47(32-45)59(6,7)8)53-34-44(27-28-60-53)41-25-23-38(3)24-26-41/h10-37H,1-9H3/i3D3,23D,24D,25D,26D,27D,28D,34D,37D. The van der Waals surface area contributed by atoms with Gasteiger partial charge < -0.3 is 4.74 Å². The third-order valence-electron chi connectivity index (χ3n) is 11.5. The summed E-state index contributed by atoms with van der Waals surface area (Å²) in [6, 6.07) is 36.3. The molecule has 0 saturated carbocycles. The first-order chi connectivity index (χ1) is 34.8. The fourth-order valence-electron chi connectivity index (χ4n) is 8.41. The number of ether oxygens (including phenoxy) is 1. The number of nitrogens with zero attached hydrogens (tertiary/aromatic N) is 3. The van der Waals surface area contributed by atoms with Crippen LogP contribution in [0.3, 0.4) is 0 Å². The largest absolute Gasteiger partial charge is 0.496 e. The number of aryl methyl sites for hydroxylation is 2. The Kier molecular flexibility index (Phi) is 7.96. The minimum absolute atomic E-state index is 0.0400. The summed E-state index contributed by atoms with van der Waals surface area (Å²) in [5.41, 5.74) is 9.94. The molecule has 312 valence electrons. The van der Waals surface area contributed by atoms with Crippen LogP contribution < -0.4 is 4.74 Å². The normalized spacial score (nSPS) is 14.6. The van der Waals surface area contributed by atoms with E-state index in [1.54, 1.807) is 7.11 Å². The summed E-state index contributed by atoms with van der Waals surface area (Å²) in [5, 5.41) is 0. The van der Waals surface area contributed by atoms with Gasteiger partial charge in [-0.05, 0) is 136 Å². The van der Waals surface area contributed by atoms with Crippen molar-refractivity contribution in [3.63, 3.8) is 0 Å². The molecule has 0 aliphatic heterocycles. The molecule has 63 heavy (non-hydrogen) atoms. The van der Waals surface area contributed by atoms with Crippen LogP contribution in [0.2, 0.25) is 0 Å². The first-order valence-corrected chi connectivity index (χ1v) is 21.0. The fraction of sp³-hybridized carbons (Fsp3) is 0.186. The summed E-state index contributed by atoms with van der Waals surface area (Å²) in [7, 11) is 1.66. The summed E-state index contributed by atoms with van der Waals surface area (Å²) < 4.78 is 104. The molecule has 0 atom stereocenters. The zero-order valence-corrected chi connectivity index (χ0v) is 36.8. The molecule has 2 heterocycles. The Labute approximate surface area is 388 Å². The Balaban J connectivity index is 1.38. The van der Waals surface area contributed by atoms with E-state index < -0.39 is 71.7 Å². The molecule has 0 fully saturated rings. The number of fused-ring (bicyclic) bond motifs is 1. The highest BCUT2D eigenvalue weighted by Crippen LogP contribution is 2.45. The molecule has 0 unspecified atom stereocenters. The van der Waals surface area contributed by atoms with E-state index in [-0.39, 0.29) is 11.3 Å². The maximum absolute atomic E-state index is 9.62. The summed E-state index contributed by atoms with van der Waals surface area (Å²) in [4.78, 5) is 10.1. The van der Waals surface area contributed by atoms with Crippen molar-refractivity contribution in [3.8, 4) is 78.6 Å². The quantitative estimate of drug-likeness (QED) is 0.145. The van der Waals surface area contributed by atoms with E-state index in [2.05, 4.69) is 64.1 Å². The van der Waals surface area contributed by atoms with Gasteiger partial charge in [-0.15, -0.1) is 0 Å². The summed E-state index contributed by atoms with van der Waals surface area (Å²) >= 11 is 0. The lowest BCUT2D eigenvalue weighted by atomic mass is 9.83. The number of hydrogen-bond acceptors (Lipinski definition) is 3. The highest BCUT2D eigenvalue weighted by Gasteiger charge is 2.26. The average molecular weight is 833 g/mol. The molecule has 0 aliphatic rings. The molecule has 0 saturated heterocycles. The van der Waals surface area contributed by atoms with Crippen LogP contribution in [0.15, 0.2) is 164 Å². The molecule has 0 amide bonds. The molecule has 7 aromatic carbocycles. The molecule has 0 spiro atoms. The van der Waals surface area contributed by atoms with Gasteiger partial charge in [0.2, 0.25) is 0 Å². The van der Waals surface area contributed by atoms with Crippen LogP contribution in [0.25, 0.3) is 83.9 Å². The van der Waals surface area contributed by atoms with Gasteiger partial charge in [0, 0.05) is 28.3 Å². The lowest BCUT2D eigenvalue weighted by Gasteiger charge is -2.22. The Bertz CT molecular complexity index is 3670. The predicted molar refractivity (Wildman–Crippen MR) is 265 cm³/mol. The van der Waals surface area contributed by atoms with Crippen molar-refractivity contribution >= 4 is 11.0 Å². The van der Waals surface area contributed by atoms with Crippen LogP contribution in [0.4, 0.5) is 0 Å². The number of rotatable bonds is 9. The van der Waals surface area contributed by atoms with Crippen molar-refractivity contribution in [2.24, 2.45) is 0 Å². The SMILES string of the molecule is [2H]c1nc(-c2cc(-c3cccc4c3nc(-c3cc(C)cc(C)c3OC)n4-c3cc(-c4ccccc4)c(C([2H])(C)C)cc3-c3ccccc3)cc(C(C)(C)C)c2)c([2H])c(-c2c([2H])c([2H])c(C([2H])([2H])[2H])c([2H])c2[2H])c1[2H]. The maximum atomic E-state index is 9.62. The van der Waals surface area contributed by atoms with Crippen molar-refractivity contribution in [2.45, 2.75) is 66.6 Å². The highest BCUT2D eigenvalue weighted by molar-refractivity contribution is 5.98. The van der Waals surface area contributed by atoms with Gasteiger partial charge in [0.05, 0.1) is 44.7 Å². The van der Waals surface area contributed by atoms with Gasteiger partial charge in [-0.1, -0.05) is 149 Å². The van der Waals surface area contributed by atoms with Crippen LogP contribution >= 0.6 is 0 Å². The van der Waals surface area contributed by atoms with Crippen molar-refractivity contribution in [2.75, 3.05) is 7.11 Å². The Morgan fingerprint density at radius 3 is 2.02 bits per heavy atom. The Morgan fingerprint density at radius 1 is 0.651 bits per heavy atom. The molecule has 4 nitrogen and oxygen atoms in total. The van der Waals surface area contributed by atoms with Crippen LogP contribution in [0.5, 0.6) is 5.75 Å². The predicted octanol–water partition coefficient (Wildman–Crippen LogP) is 15.8. The van der Waals surface area contributed by atoms with E-state index in [0.717, 1.165) is 66.8 Å². The zero-order valence-electron chi connectivity index (χ0n) is 47.8. The van der Waals surface area contributed by atoms with Crippen LogP contribution in [-0.2, 0) is 5.41 Å². The molecule has 0 radical (unpaired) electrons. The number of benzene rings is 7. The first-order valence-electron chi connectivity index (χ1n) is 26.5. The third kappa shape index (κ3) is 7.98. The van der Waals surface area contributed by atoms with E-state index in [4.69, 9.17) is 22.1 Å². The summed E-state index contributed by atoms with van der Waals surface area (Å²) in [5.74, 6) is 0.268. The van der Waals surface area contributed by atoms with Crippen LogP contribution in [-0.4, -0.2) is 21.6 Å². The Morgan fingerprint density at radius 2 is 1.35 bits per heavy atom. The number of pyridine rings is 1. The molecule has 0 bridgehead atoms. The van der Waals surface area contributed by atoms with Gasteiger partial charge in [0.15, 0.2) is 0 Å². The number of methoxy groups -OCH3 is 1. The van der Waals surface area contributed by atoms with Crippen LogP contribution in [0, 0.1) is 20.7 Å². The van der Waals surface area contributed by atoms with E-state index in [1.807, 2.05) is 115 Å². The second-order valence-electron chi connectivity index (χ2n) is 17.2. The first kappa shape index (κ1) is 30.1. The molecule has 9 aromatic rings. The molecular weight excluding hydrogens is 767 g/mol. The van der Waals surface area contributed by atoms with Crippen molar-refractivity contribution in [1.82, 2.24) is 14.5 Å². The van der Waals surface area contributed by atoms with E-state index >= 15 is 0 Å². The second-order valence-corrected chi connectivity index (χ2v) is 17.2. The van der Waals surface area contributed by atoms with E-state index in [1.165, 1.54) is 0 Å². The lowest BCUT2D eigenvalue weighted by molar-refractivity contribution is 0.413. The van der Waals surface area contributed by atoms with E-state index in [0.29, 0.717) is 28.2 Å². The minimum Gasteiger partial charge on any atom is -0.496 e. The molecular formula is C59H55N3O. The van der Waals surface area contributed by atoms with Gasteiger partial charge in [-0.25, -0.2) is 4.98 Å². The third-order valence-corrected chi connectivity index (χ3v) is 11.5. The van der Waals surface area contributed by atoms with Crippen molar-refractivity contribution in [3.05, 3.63) is 192 Å². The van der Waals surface area contributed by atoms with Crippen molar-refractivity contribution in [1.29, 1.82) is 0 Å². The molecule has 9 rings (SSSR count). The second kappa shape index (κ2) is 16.7. The topological polar surface area (TPSA) is 39.9 Å². The maximum Gasteiger partial charge on any atom is 0.149 e. The number of para-hydroxylation sites is 1. The van der Waals surface area contributed by atoms with E-state index in [9.17, 15) is 2.74 Å².